The summed E-state index contributed by atoms with van der Waals surface area (Å²) in [6.45, 7) is 9.83. The summed E-state index contributed by atoms with van der Waals surface area (Å²) in [6.07, 6.45) is 1.22. The van der Waals surface area contributed by atoms with Crippen LogP contribution in [0.15, 0.2) is 29.2 Å². The van der Waals surface area contributed by atoms with Crippen LogP contribution in [0.5, 0.6) is 0 Å². The van der Waals surface area contributed by atoms with Crippen LogP contribution in [0, 0.1) is 11.8 Å². The first-order chi connectivity index (χ1) is 10.3. The van der Waals surface area contributed by atoms with Gasteiger partial charge in [-0.1, -0.05) is 26.0 Å². The average Bonchev–Trinajstić information content (AvgIpc) is 2.44. The molecule has 1 saturated heterocycles. The lowest BCUT2D eigenvalue weighted by Crippen LogP contribution is -2.42. The summed E-state index contributed by atoms with van der Waals surface area (Å²) >= 11 is 0. The molecule has 5 heteroatoms. The van der Waals surface area contributed by atoms with Gasteiger partial charge >= 0.3 is 0 Å². The molecule has 0 spiro atoms. The smallest absolute Gasteiger partial charge is 0.243 e. The molecule has 1 aliphatic heterocycles. The molecule has 124 valence electrons. The van der Waals surface area contributed by atoms with E-state index in [9.17, 15) is 8.42 Å². The van der Waals surface area contributed by atoms with Crippen LogP contribution in [0.2, 0.25) is 0 Å². The maximum absolute atomic E-state index is 12.9. The van der Waals surface area contributed by atoms with Crippen molar-refractivity contribution in [3.8, 4) is 0 Å². The molecular weight excluding hydrogens is 298 g/mol. The summed E-state index contributed by atoms with van der Waals surface area (Å²) in [7, 11) is -3.41. The lowest BCUT2D eigenvalue weighted by molar-refractivity contribution is 0.0656. The predicted octanol–water partition coefficient (Wildman–Crippen LogP) is 3.28. The van der Waals surface area contributed by atoms with Gasteiger partial charge in [0.2, 0.25) is 10.0 Å². The van der Waals surface area contributed by atoms with Crippen LogP contribution in [0.4, 0.5) is 0 Å². The first kappa shape index (κ1) is 17.4. The van der Waals surface area contributed by atoms with E-state index >= 15 is 0 Å². The van der Waals surface area contributed by atoms with Gasteiger partial charge in [-0.2, -0.15) is 4.31 Å². The van der Waals surface area contributed by atoms with Crippen molar-refractivity contribution in [2.75, 3.05) is 13.1 Å². The Labute approximate surface area is 134 Å². The summed E-state index contributed by atoms with van der Waals surface area (Å²) in [6, 6.07) is 7.12. The van der Waals surface area contributed by atoms with Crippen LogP contribution in [-0.4, -0.2) is 31.9 Å². The molecule has 22 heavy (non-hydrogen) atoms. The fourth-order valence-corrected chi connectivity index (χ4v) is 4.76. The molecule has 0 N–H and O–H groups in total. The van der Waals surface area contributed by atoms with Crippen LogP contribution in [0.1, 0.15) is 39.7 Å². The molecular formula is C17H27NO3S. The zero-order valence-electron chi connectivity index (χ0n) is 14.0. The van der Waals surface area contributed by atoms with E-state index in [1.807, 2.05) is 19.9 Å². The molecule has 0 aromatic heterocycles. The van der Waals surface area contributed by atoms with Crippen molar-refractivity contribution in [1.29, 1.82) is 0 Å². The molecule has 4 nitrogen and oxygen atoms in total. The van der Waals surface area contributed by atoms with E-state index in [-0.39, 0.29) is 6.10 Å². The van der Waals surface area contributed by atoms with Crippen molar-refractivity contribution in [2.45, 2.75) is 51.7 Å². The summed E-state index contributed by atoms with van der Waals surface area (Å²) < 4.78 is 32.9. The Balaban J connectivity index is 2.20. The standard InChI is InChI=1S/C17H27NO3S/c1-13(2)21-12-16-6-5-7-17(9-16)22(19,20)18-10-14(3)8-15(4)11-18/h5-7,9,13-15H,8,10-12H2,1-4H3/t14-,15-/m0/s1. The highest BCUT2D eigenvalue weighted by Crippen LogP contribution is 2.27. The summed E-state index contributed by atoms with van der Waals surface area (Å²) in [5.41, 5.74) is 0.896. The lowest BCUT2D eigenvalue weighted by Gasteiger charge is -2.34. The number of hydrogen-bond donors (Lipinski definition) is 0. The third kappa shape index (κ3) is 4.31. The Morgan fingerprint density at radius 1 is 1.23 bits per heavy atom. The van der Waals surface area contributed by atoms with Crippen LogP contribution >= 0.6 is 0 Å². The van der Waals surface area contributed by atoms with Crippen LogP contribution < -0.4 is 0 Å². The molecule has 1 heterocycles. The van der Waals surface area contributed by atoms with Crippen molar-refractivity contribution in [3.63, 3.8) is 0 Å². The molecule has 2 atom stereocenters. The fraction of sp³-hybridized carbons (Fsp3) is 0.647. The molecule has 0 unspecified atom stereocenters. The second-order valence-electron chi connectivity index (χ2n) is 6.78. The van der Waals surface area contributed by atoms with E-state index in [4.69, 9.17) is 4.74 Å². The van der Waals surface area contributed by atoms with Crippen molar-refractivity contribution in [1.82, 2.24) is 4.31 Å². The third-order valence-corrected chi connectivity index (χ3v) is 5.78. The van der Waals surface area contributed by atoms with E-state index in [2.05, 4.69) is 13.8 Å². The highest BCUT2D eigenvalue weighted by atomic mass is 32.2. The van der Waals surface area contributed by atoms with Gasteiger partial charge in [0, 0.05) is 13.1 Å². The highest BCUT2D eigenvalue weighted by Gasteiger charge is 2.31. The Hall–Kier alpha value is -0.910. The predicted molar refractivity (Wildman–Crippen MR) is 88.1 cm³/mol. The van der Waals surface area contributed by atoms with E-state index in [0.717, 1.165) is 12.0 Å². The van der Waals surface area contributed by atoms with E-state index in [1.165, 1.54) is 0 Å². The van der Waals surface area contributed by atoms with Crippen molar-refractivity contribution in [2.24, 2.45) is 11.8 Å². The van der Waals surface area contributed by atoms with E-state index in [1.54, 1.807) is 22.5 Å². The van der Waals surface area contributed by atoms with E-state index < -0.39 is 10.0 Å². The number of rotatable bonds is 5. The van der Waals surface area contributed by atoms with Crippen molar-refractivity contribution < 1.29 is 13.2 Å². The van der Waals surface area contributed by atoms with E-state index in [0.29, 0.717) is 36.4 Å². The Kier molecular flexibility index (Phi) is 5.64. The first-order valence-corrected chi connectivity index (χ1v) is 9.43. The fourth-order valence-electron chi connectivity index (χ4n) is 3.01. The van der Waals surface area contributed by atoms with Gasteiger partial charge in [0.1, 0.15) is 0 Å². The van der Waals surface area contributed by atoms with Gasteiger partial charge in [-0.25, -0.2) is 8.42 Å². The quantitative estimate of drug-likeness (QED) is 0.834. The van der Waals surface area contributed by atoms with Gasteiger partial charge < -0.3 is 4.74 Å². The maximum atomic E-state index is 12.9. The Morgan fingerprint density at radius 2 is 1.86 bits per heavy atom. The van der Waals surface area contributed by atoms with Gasteiger partial charge in [-0.15, -0.1) is 0 Å². The number of ether oxygens (including phenoxy) is 1. The monoisotopic (exact) mass is 325 g/mol. The van der Waals surface area contributed by atoms with Crippen molar-refractivity contribution in [3.05, 3.63) is 29.8 Å². The number of nitrogens with zero attached hydrogens (tertiary/aromatic N) is 1. The highest BCUT2D eigenvalue weighted by molar-refractivity contribution is 7.89. The molecule has 0 radical (unpaired) electrons. The Bertz CT molecular complexity index is 588. The number of benzene rings is 1. The molecule has 0 aliphatic carbocycles. The second kappa shape index (κ2) is 7.11. The number of hydrogen-bond acceptors (Lipinski definition) is 3. The molecule has 1 aliphatic rings. The van der Waals surface area contributed by atoms with Crippen LogP contribution in [0.3, 0.4) is 0 Å². The minimum atomic E-state index is -3.41. The number of piperidine rings is 1. The van der Waals surface area contributed by atoms with Gasteiger partial charge in [0.05, 0.1) is 17.6 Å². The summed E-state index contributed by atoms with van der Waals surface area (Å²) in [5.74, 6) is 0.817. The first-order valence-electron chi connectivity index (χ1n) is 7.99. The largest absolute Gasteiger partial charge is 0.374 e. The molecule has 1 fully saturated rings. The minimum absolute atomic E-state index is 0.129. The Morgan fingerprint density at radius 3 is 2.45 bits per heavy atom. The van der Waals surface area contributed by atoms with Gasteiger partial charge in [0.25, 0.3) is 0 Å². The number of sulfonamides is 1. The molecule has 2 rings (SSSR count). The normalized spacial score (nSPS) is 23.9. The maximum Gasteiger partial charge on any atom is 0.243 e. The molecule has 0 amide bonds. The molecule has 1 aromatic rings. The SMILES string of the molecule is CC(C)OCc1cccc(S(=O)(=O)N2C[C@@H](C)C[C@H](C)C2)c1. The molecule has 0 saturated carbocycles. The zero-order valence-corrected chi connectivity index (χ0v) is 14.8. The zero-order chi connectivity index (χ0) is 16.3. The second-order valence-corrected chi connectivity index (χ2v) is 8.71. The average molecular weight is 325 g/mol. The third-order valence-electron chi connectivity index (χ3n) is 3.95. The summed E-state index contributed by atoms with van der Waals surface area (Å²) in [4.78, 5) is 0.374. The van der Waals surface area contributed by atoms with Crippen molar-refractivity contribution >= 4 is 10.0 Å². The van der Waals surface area contributed by atoms with Gasteiger partial charge in [0.15, 0.2) is 0 Å². The lowest BCUT2D eigenvalue weighted by atomic mass is 9.94. The molecule has 1 aromatic carbocycles. The van der Waals surface area contributed by atoms with Gasteiger partial charge in [-0.3, -0.25) is 0 Å². The molecule has 0 bridgehead atoms. The topological polar surface area (TPSA) is 46.6 Å². The minimum Gasteiger partial charge on any atom is -0.374 e. The van der Waals surface area contributed by atoms with Crippen LogP contribution in [0.25, 0.3) is 0 Å². The van der Waals surface area contributed by atoms with Crippen LogP contribution in [-0.2, 0) is 21.4 Å². The van der Waals surface area contributed by atoms with Gasteiger partial charge in [-0.05, 0) is 49.8 Å². The summed E-state index contributed by atoms with van der Waals surface area (Å²) in [5, 5.41) is 0.